The average Bonchev–Trinajstić information content (AvgIpc) is 2.45. The summed E-state index contributed by atoms with van der Waals surface area (Å²) in [6.07, 6.45) is 0.674. The van der Waals surface area contributed by atoms with Gasteiger partial charge in [0.2, 0.25) is 0 Å². The number of benzene rings is 2. The van der Waals surface area contributed by atoms with Gasteiger partial charge >= 0.3 is 0 Å². The lowest BCUT2D eigenvalue weighted by molar-refractivity contribution is 0.405. The highest BCUT2D eigenvalue weighted by atomic mass is 19.1. The summed E-state index contributed by atoms with van der Waals surface area (Å²) in [7, 11) is 1.65. The maximum atomic E-state index is 13.2. The van der Waals surface area contributed by atoms with Crippen LogP contribution in [0.4, 0.5) is 4.39 Å². The van der Waals surface area contributed by atoms with Crippen LogP contribution >= 0.6 is 0 Å². The molecule has 0 fully saturated rings. The molecule has 4 heteroatoms. The number of hydrogen-bond acceptors (Lipinski definition) is 3. The molecule has 0 saturated carbocycles. The first-order valence-corrected chi connectivity index (χ1v) is 6.91. The minimum absolute atomic E-state index is 0.0960. The van der Waals surface area contributed by atoms with Gasteiger partial charge in [0.15, 0.2) is 0 Å². The van der Waals surface area contributed by atoms with Crippen LogP contribution in [-0.2, 0) is 6.42 Å². The molecule has 0 spiro atoms. The van der Waals surface area contributed by atoms with E-state index in [0.717, 1.165) is 28.0 Å². The van der Waals surface area contributed by atoms with Crippen molar-refractivity contribution in [3.8, 4) is 5.75 Å². The second-order valence-corrected chi connectivity index (χ2v) is 5.24. The molecule has 3 N–H and O–H groups in total. The van der Waals surface area contributed by atoms with E-state index in [2.05, 4.69) is 11.5 Å². The molecular formula is C17H21FN2O. The fourth-order valence-electron chi connectivity index (χ4n) is 2.58. The Labute approximate surface area is 124 Å². The van der Waals surface area contributed by atoms with E-state index in [1.165, 1.54) is 12.1 Å². The van der Waals surface area contributed by atoms with Gasteiger partial charge in [-0.3, -0.25) is 11.3 Å². The molecule has 0 amide bonds. The van der Waals surface area contributed by atoms with E-state index < -0.39 is 0 Å². The quantitative estimate of drug-likeness (QED) is 0.656. The van der Waals surface area contributed by atoms with Crippen LogP contribution in [0.1, 0.15) is 28.3 Å². The molecule has 112 valence electrons. The lowest BCUT2D eigenvalue weighted by Gasteiger charge is -2.20. The summed E-state index contributed by atoms with van der Waals surface area (Å²) in [4.78, 5) is 0. The SMILES string of the molecule is COc1ccc(C)cc1CC(NN)c1ccc(F)cc1C. The standard InChI is InChI=1S/C17H21FN2O/c1-11-4-7-17(21-3)13(8-11)10-16(20-19)15-6-5-14(18)9-12(15)2/h4-9,16,20H,10,19H2,1-3H3. The number of ether oxygens (including phenoxy) is 1. The van der Waals surface area contributed by atoms with Crippen molar-refractivity contribution in [3.63, 3.8) is 0 Å². The van der Waals surface area contributed by atoms with Crippen LogP contribution in [0.5, 0.6) is 5.75 Å². The number of hydrazine groups is 1. The number of aryl methyl sites for hydroxylation is 2. The van der Waals surface area contributed by atoms with Gasteiger partial charge in [-0.05, 0) is 55.2 Å². The molecular weight excluding hydrogens is 267 g/mol. The molecule has 0 aromatic heterocycles. The first-order valence-electron chi connectivity index (χ1n) is 6.91. The third kappa shape index (κ3) is 3.60. The van der Waals surface area contributed by atoms with Crippen LogP contribution in [-0.4, -0.2) is 7.11 Å². The Morgan fingerprint density at radius 3 is 2.57 bits per heavy atom. The summed E-state index contributed by atoms with van der Waals surface area (Å²) in [6, 6.07) is 10.7. The smallest absolute Gasteiger partial charge is 0.123 e. The van der Waals surface area contributed by atoms with Crippen molar-refractivity contribution in [1.29, 1.82) is 0 Å². The van der Waals surface area contributed by atoms with Gasteiger partial charge in [0, 0.05) is 0 Å². The second kappa shape index (κ2) is 6.70. The highest BCUT2D eigenvalue weighted by molar-refractivity contribution is 5.39. The van der Waals surface area contributed by atoms with Crippen molar-refractivity contribution < 1.29 is 9.13 Å². The minimum atomic E-state index is -0.236. The normalized spacial score (nSPS) is 12.2. The van der Waals surface area contributed by atoms with Crippen LogP contribution in [0, 0.1) is 19.7 Å². The maximum Gasteiger partial charge on any atom is 0.123 e. The number of halogens is 1. The molecule has 0 aliphatic rings. The van der Waals surface area contributed by atoms with Gasteiger partial charge < -0.3 is 4.74 Å². The maximum absolute atomic E-state index is 13.2. The molecule has 3 nitrogen and oxygen atoms in total. The summed E-state index contributed by atoms with van der Waals surface area (Å²) in [5, 5.41) is 0. The van der Waals surface area contributed by atoms with Crippen molar-refractivity contribution in [3.05, 3.63) is 64.5 Å². The zero-order valence-corrected chi connectivity index (χ0v) is 12.6. The van der Waals surface area contributed by atoms with Crippen LogP contribution in [0.2, 0.25) is 0 Å². The van der Waals surface area contributed by atoms with Crippen molar-refractivity contribution >= 4 is 0 Å². The highest BCUT2D eigenvalue weighted by Crippen LogP contribution is 2.27. The predicted octanol–water partition coefficient (Wildman–Crippen LogP) is 3.20. The van der Waals surface area contributed by atoms with E-state index >= 15 is 0 Å². The van der Waals surface area contributed by atoms with Crippen LogP contribution in [0.25, 0.3) is 0 Å². The van der Waals surface area contributed by atoms with Gasteiger partial charge in [-0.15, -0.1) is 0 Å². The Morgan fingerprint density at radius 1 is 1.19 bits per heavy atom. The molecule has 0 radical (unpaired) electrons. The van der Waals surface area contributed by atoms with Crippen LogP contribution in [0.15, 0.2) is 36.4 Å². The van der Waals surface area contributed by atoms with Gasteiger partial charge in [0.1, 0.15) is 11.6 Å². The third-order valence-electron chi connectivity index (χ3n) is 3.67. The van der Waals surface area contributed by atoms with Crippen LogP contribution in [0.3, 0.4) is 0 Å². The largest absolute Gasteiger partial charge is 0.496 e. The summed E-state index contributed by atoms with van der Waals surface area (Å²) >= 11 is 0. The van der Waals surface area contributed by atoms with Crippen molar-refractivity contribution in [2.45, 2.75) is 26.3 Å². The summed E-state index contributed by atoms with van der Waals surface area (Å²) in [5.74, 6) is 6.30. The van der Waals surface area contributed by atoms with Gasteiger partial charge in [-0.25, -0.2) is 4.39 Å². The van der Waals surface area contributed by atoms with E-state index in [-0.39, 0.29) is 11.9 Å². The monoisotopic (exact) mass is 288 g/mol. The fraction of sp³-hybridized carbons (Fsp3) is 0.294. The Bertz CT molecular complexity index is 628. The molecule has 0 heterocycles. The number of nitrogens with two attached hydrogens (primary N) is 1. The summed E-state index contributed by atoms with van der Waals surface area (Å²) in [5.41, 5.74) is 6.93. The van der Waals surface area contributed by atoms with Gasteiger partial charge in [0.05, 0.1) is 13.2 Å². The van der Waals surface area contributed by atoms with E-state index in [1.54, 1.807) is 13.2 Å². The molecule has 0 aliphatic carbocycles. The third-order valence-corrected chi connectivity index (χ3v) is 3.67. The van der Waals surface area contributed by atoms with E-state index in [4.69, 9.17) is 10.6 Å². The lowest BCUT2D eigenvalue weighted by atomic mass is 9.94. The molecule has 1 atom stereocenters. The number of nitrogens with one attached hydrogen (secondary N) is 1. The molecule has 1 unspecified atom stereocenters. The number of rotatable bonds is 5. The van der Waals surface area contributed by atoms with Gasteiger partial charge in [-0.1, -0.05) is 23.8 Å². The van der Waals surface area contributed by atoms with E-state index in [0.29, 0.717) is 6.42 Å². The van der Waals surface area contributed by atoms with E-state index in [1.807, 2.05) is 26.0 Å². The van der Waals surface area contributed by atoms with Crippen molar-refractivity contribution in [2.24, 2.45) is 5.84 Å². The Balaban J connectivity index is 2.33. The zero-order valence-electron chi connectivity index (χ0n) is 12.6. The molecule has 2 aromatic rings. The number of hydrogen-bond donors (Lipinski definition) is 2. The van der Waals surface area contributed by atoms with E-state index in [9.17, 15) is 4.39 Å². The first kappa shape index (κ1) is 15.5. The van der Waals surface area contributed by atoms with Gasteiger partial charge in [0.25, 0.3) is 0 Å². The summed E-state index contributed by atoms with van der Waals surface area (Å²) in [6.45, 7) is 3.92. The Hall–Kier alpha value is -1.91. The molecule has 0 saturated heterocycles. The predicted molar refractivity (Wildman–Crippen MR) is 82.6 cm³/mol. The first-order chi connectivity index (χ1) is 10.0. The molecule has 0 bridgehead atoms. The zero-order chi connectivity index (χ0) is 15.4. The lowest BCUT2D eigenvalue weighted by Crippen LogP contribution is -2.30. The number of methoxy groups -OCH3 is 1. The Morgan fingerprint density at radius 2 is 1.95 bits per heavy atom. The van der Waals surface area contributed by atoms with Crippen molar-refractivity contribution in [2.75, 3.05) is 7.11 Å². The van der Waals surface area contributed by atoms with Crippen molar-refractivity contribution in [1.82, 2.24) is 5.43 Å². The summed E-state index contributed by atoms with van der Waals surface area (Å²) < 4.78 is 18.6. The average molecular weight is 288 g/mol. The molecule has 2 rings (SSSR count). The molecule has 0 aliphatic heterocycles. The fourth-order valence-corrected chi connectivity index (χ4v) is 2.58. The molecule has 21 heavy (non-hydrogen) atoms. The topological polar surface area (TPSA) is 47.3 Å². The highest BCUT2D eigenvalue weighted by Gasteiger charge is 2.16. The second-order valence-electron chi connectivity index (χ2n) is 5.24. The van der Waals surface area contributed by atoms with Gasteiger partial charge in [-0.2, -0.15) is 0 Å². The van der Waals surface area contributed by atoms with Crippen LogP contribution < -0.4 is 16.0 Å². The molecule has 2 aromatic carbocycles. The Kier molecular flexibility index (Phi) is 4.94. The minimum Gasteiger partial charge on any atom is -0.496 e.